The van der Waals surface area contributed by atoms with Crippen LogP contribution in [0.3, 0.4) is 0 Å². The lowest BCUT2D eigenvalue weighted by molar-refractivity contribution is 0.114. The molecule has 34 heavy (non-hydrogen) atoms. The molecule has 0 aliphatic heterocycles. The molecule has 2 N–H and O–H groups in total. The minimum Gasteiger partial charge on any atom is -0.460 e. The lowest BCUT2D eigenvalue weighted by atomic mass is 9.85. The molecule has 3 heterocycles. The number of rotatable bonds is 11. The Hall–Kier alpha value is -2.69. The third kappa shape index (κ3) is 6.05. The number of thiazole rings is 1. The molecular weight excluding hydrogens is 450 g/mol. The summed E-state index contributed by atoms with van der Waals surface area (Å²) < 4.78 is 11.2. The van der Waals surface area contributed by atoms with Crippen molar-refractivity contribution in [3.05, 3.63) is 36.4 Å². The van der Waals surface area contributed by atoms with Crippen LogP contribution in [0, 0.1) is 5.41 Å². The van der Waals surface area contributed by atoms with Crippen molar-refractivity contribution in [2.45, 2.75) is 57.6 Å². The van der Waals surface area contributed by atoms with Gasteiger partial charge in [0.15, 0.2) is 5.13 Å². The average Bonchev–Trinajstić information content (AvgIpc) is 3.46. The Labute approximate surface area is 203 Å². The van der Waals surface area contributed by atoms with Crippen LogP contribution in [0.2, 0.25) is 0 Å². The molecular formula is C24H31N7O2S. The van der Waals surface area contributed by atoms with Crippen molar-refractivity contribution in [3.63, 3.8) is 0 Å². The summed E-state index contributed by atoms with van der Waals surface area (Å²) in [6.07, 6.45) is 15.9. The fraction of sp³-hybridized carbons (Fsp3) is 0.542. The van der Waals surface area contributed by atoms with Crippen LogP contribution < -0.4 is 15.4 Å². The maximum absolute atomic E-state index is 6.11. The Balaban J connectivity index is 1.14. The van der Waals surface area contributed by atoms with Gasteiger partial charge in [0.1, 0.15) is 6.10 Å². The van der Waals surface area contributed by atoms with Gasteiger partial charge >= 0.3 is 6.01 Å². The van der Waals surface area contributed by atoms with E-state index in [2.05, 4.69) is 35.6 Å². The summed E-state index contributed by atoms with van der Waals surface area (Å²) in [4.78, 5) is 23.2. The fourth-order valence-corrected chi connectivity index (χ4v) is 5.09. The van der Waals surface area contributed by atoms with Crippen molar-refractivity contribution in [1.82, 2.24) is 30.2 Å². The molecule has 0 bridgehead atoms. The first-order valence-corrected chi connectivity index (χ1v) is 12.8. The van der Waals surface area contributed by atoms with Crippen LogP contribution in [0.4, 0.5) is 11.1 Å². The summed E-state index contributed by atoms with van der Waals surface area (Å²) in [6.45, 7) is 2.38. The highest BCUT2D eigenvalue weighted by molar-refractivity contribution is 7.18. The Bertz CT molecular complexity index is 1060. The number of nitrogens with zero attached hydrogens (tertiary/aromatic N) is 5. The van der Waals surface area contributed by atoms with Gasteiger partial charge in [0.2, 0.25) is 5.95 Å². The number of hydrogen-bond donors (Lipinski definition) is 2. The van der Waals surface area contributed by atoms with Gasteiger partial charge in [-0.3, -0.25) is 0 Å². The number of nitrogens with one attached hydrogen (secondary N) is 2. The summed E-state index contributed by atoms with van der Waals surface area (Å²) in [5.74, 6) is 0.515. The maximum Gasteiger partial charge on any atom is 0.317 e. The van der Waals surface area contributed by atoms with Crippen LogP contribution in [-0.4, -0.2) is 51.3 Å². The van der Waals surface area contributed by atoms with E-state index >= 15 is 0 Å². The molecule has 3 aromatic heterocycles. The molecule has 2 aliphatic carbocycles. The van der Waals surface area contributed by atoms with E-state index in [0.717, 1.165) is 55.1 Å². The summed E-state index contributed by atoms with van der Waals surface area (Å²) >= 11 is 1.50. The van der Waals surface area contributed by atoms with E-state index in [4.69, 9.17) is 9.47 Å². The lowest BCUT2D eigenvalue weighted by Gasteiger charge is -2.28. The van der Waals surface area contributed by atoms with Crippen molar-refractivity contribution in [3.8, 4) is 16.6 Å². The predicted molar refractivity (Wildman–Crippen MR) is 131 cm³/mol. The zero-order valence-electron chi connectivity index (χ0n) is 19.5. The Kier molecular flexibility index (Phi) is 7.27. The summed E-state index contributed by atoms with van der Waals surface area (Å²) in [6, 6.07) is 2.33. The second kappa shape index (κ2) is 10.7. The molecule has 0 aromatic carbocycles. The van der Waals surface area contributed by atoms with Gasteiger partial charge in [0, 0.05) is 50.6 Å². The van der Waals surface area contributed by atoms with Gasteiger partial charge in [0.25, 0.3) is 0 Å². The highest BCUT2D eigenvalue weighted by Gasteiger charge is 2.45. The highest BCUT2D eigenvalue weighted by atomic mass is 32.1. The number of anilines is 2. The van der Waals surface area contributed by atoms with Crippen LogP contribution in [0.5, 0.6) is 6.01 Å². The standard InChI is InChI=1S/C24H31N7O2S/c1-32-12-2-10-25-13-17-14-27-21(28-15-17)31-23-29-16-20(34-23)19-5-11-26-22(30-19)33-18-3-6-24(7-4-18)8-9-24/h5,11,14-16,18,25H,2-4,6-10,12-13H2,1H3,(H,27,28,29,31). The van der Waals surface area contributed by atoms with E-state index in [1.165, 1.54) is 37.0 Å². The monoisotopic (exact) mass is 481 g/mol. The van der Waals surface area contributed by atoms with E-state index in [9.17, 15) is 0 Å². The van der Waals surface area contributed by atoms with Gasteiger partial charge in [-0.1, -0.05) is 11.3 Å². The first-order chi connectivity index (χ1) is 16.7. The van der Waals surface area contributed by atoms with Gasteiger partial charge < -0.3 is 20.1 Å². The van der Waals surface area contributed by atoms with E-state index < -0.39 is 0 Å². The van der Waals surface area contributed by atoms with E-state index in [0.29, 0.717) is 22.5 Å². The molecule has 5 rings (SSSR count). The first kappa shape index (κ1) is 23.1. The molecule has 2 fully saturated rings. The summed E-state index contributed by atoms with van der Waals surface area (Å²) in [5.41, 5.74) is 2.49. The van der Waals surface area contributed by atoms with E-state index in [-0.39, 0.29) is 6.10 Å². The van der Waals surface area contributed by atoms with E-state index in [1.54, 1.807) is 19.5 Å². The van der Waals surface area contributed by atoms with Crippen LogP contribution in [-0.2, 0) is 11.3 Å². The SMILES string of the molecule is COCCCNCc1cnc(Nc2ncc(-c3ccnc(OC4CCC5(CC4)CC5)n3)s2)nc1. The predicted octanol–water partition coefficient (Wildman–Crippen LogP) is 4.36. The molecule has 10 heteroatoms. The topological polar surface area (TPSA) is 107 Å². The van der Waals surface area contributed by atoms with Crippen molar-refractivity contribution >= 4 is 22.4 Å². The van der Waals surface area contributed by atoms with Crippen LogP contribution >= 0.6 is 11.3 Å². The lowest BCUT2D eigenvalue weighted by Crippen LogP contribution is -2.25. The first-order valence-electron chi connectivity index (χ1n) is 11.9. The van der Waals surface area contributed by atoms with Gasteiger partial charge in [0.05, 0.1) is 10.6 Å². The zero-order valence-corrected chi connectivity index (χ0v) is 20.3. The quantitative estimate of drug-likeness (QED) is 0.386. The highest BCUT2D eigenvalue weighted by Crippen LogP contribution is 2.56. The molecule has 0 saturated heterocycles. The third-order valence-corrected chi connectivity index (χ3v) is 7.50. The van der Waals surface area contributed by atoms with Gasteiger partial charge in [-0.2, -0.15) is 4.98 Å². The van der Waals surface area contributed by atoms with Crippen molar-refractivity contribution in [2.75, 3.05) is 25.6 Å². The largest absolute Gasteiger partial charge is 0.460 e. The van der Waals surface area contributed by atoms with Crippen LogP contribution in [0.25, 0.3) is 10.6 Å². The molecule has 2 aliphatic rings. The molecule has 3 aromatic rings. The average molecular weight is 482 g/mol. The normalized spacial score (nSPS) is 17.1. The van der Waals surface area contributed by atoms with Gasteiger partial charge in [-0.15, -0.1) is 0 Å². The van der Waals surface area contributed by atoms with Crippen LogP contribution in [0.15, 0.2) is 30.9 Å². The number of hydrogen-bond acceptors (Lipinski definition) is 10. The Morgan fingerprint density at radius 2 is 1.88 bits per heavy atom. The molecule has 0 amide bonds. The van der Waals surface area contributed by atoms with E-state index in [1.807, 2.05) is 18.5 Å². The third-order valence-electron chi connectivity index (χ3n) is 6.57. The fourth-order valence-electron chi connectivity index (χ4n) is 4.31. The molecule has 0 unspecified atom stereocenters. The smallest absolute Gasteiger partial charge is 0.317 e. The Morgan fingerprint density at radius 3 is 2.65 bits per heavy atom. The van der Waals surface area contributed by atoms with Gasteiger partial charge in [-0.25, -0.2) is 19.9 Å². The molecule has 180 valence electrons. The molecule has 0 atom stereocenters. The molecule has 1 spiro atoms. The van der Waals surface area contributed by atoms with Gasteiger partial charge in [-0.05, 0) is 63.0 Å². The summed E-state index contributed by atoms with van der Waals surface area (Å²) in [7, 11) is 1.71. The number of methoxy groups -OCH3 is 1. The zero-order chi connectivity index (χ0) is 23.2. The summed E-state index contributed by atoms with van der Waals surface area (Å²) in [5, 5.41) is 7.23. The van der Waals surface area contributed by atoms with Crippen molar-refractivity contribution in [1.29, 1.82) is 0 Å². The minimum absolute atomic E-state index is 0.223. The minimum atomic E-state index is 0.223. The van der Waals surface area contributed by atoms with Crippen LogP contribution in [0.1, 0.15) is 50.5 Å². The number of ether oxygens (including phenoxy) is 2. The second-order valence-electron chi connectivity index (χ2n) is 9.13. The number of aromatic nitrogens is 5. The van der Waals surface area contributed by atoms with Crippen molar-refractivity contribution < 1.29 is 9.47 Å². The maximum atomic E-state index is 6.11. The second-order valence-corrected chi connectivity index (χ2v) is 10.2. The van der Waals surface area contributed by atoms with Crippen molar-refractivity contribution in [2.24, 2.45) is 5.41 Å². The molecule has 2 saturated carbocycles. The molecule has 0 radical (unpaired) electrons. The molecule has 9 nitrogen and oxygen atoms in total. The Morgan fingerprint density at radius 1 is 1.06 bits per heavy atom.